The fourth-order valence-electron chi connectivity index (χ4n) is 3.29. The lowest BCUT2D eigenvalue weighted by Crippen LogP contribution is -2.34. The van der Waals surface area contributed by atoms with Crippen LogP contribution in [0, 0.1) is 0 Å². The van der Waals surface area contributed by atoms with Crippen LogP contribution in [0.2, 0.25) is 0 Å². The van der Waals surface area contributed by atoms with Gasteiger partial charge in [-0.05, 0) is 30.9 Å². The Labute approximate surface area is 137 Å². The van der Waals surface area contributed by atoms with Gasteiger partial charge in [0.25, 0.3) is 5.91 Å². The number of nitrogens with zero attached hydrogens (tertiary/aromatic N) is 1. The van der Waals surface area contributed by atoms with Gasteiger partial charge in [-0.2, -0.15) is 13.2 Å². The van der Waals surface area contributed by atoms with Crippen LogP contribution < -0.4 is 0 Å². The van der Waals surface area contributed by atoms with E-state index in [0.29, 0.717) is 25.0 Å². The van der Waals surface area contributed by atoms with Gasteiger partial charge < -0.3 is 14.7 Å². The van der Waals surface area contributed by atoms with Gasteiger partial charge in [0.2, 0.25) is 0 Å². The van der Waals surface area contributed by atoms with Crippen LogP contribution in [0.4, 0.5) is 13.2 Å². The molecule has 0 aliphatic carbocycles. The third-order valence-corrected chi connectivity index (χ3v) is 4.37. The Morgan fingerprint density at radius 3 is 2.71 bits per heavy atom. The summed E-state index contributed by atoms with van der Waals surface area (Å²) in [5.74, 6) is -0.367. The molecule has 0 aromatic heterocycles. The van der Waals surface area contributed by atoms with E-state index in [1.807, 2.05) is 0 Å². The largest absolute Gasteiger partial charge is 0.501 e. The highest BCUT2D eigenvalue weighted by molar-refractivity contribution is 5.93. The molecule has 130 valence electrons. The fourth-order valence-corrected chi connectivity index (χ4v) is 3.29. The lowest BCUT2D eigenvalue weighted by atomic mass is 9.97. The summed E-state index contributed by atoms with van der Waals surface area (Å²) < 4.78 is 45.0. The normalized spacial score (nSPS) is 24.5. The number of amides is 1. The van der Waals surface area contributed by atoms with Crippen LogP contribution in [-0.4, -0.2) is 35.2 Å². The lowest BCUT2D eigenvalue weighted by Gasteiger charge is -2.28. The summed E-state index contributed by atoms with van der Waals surface area (Å²) in [6.07, 6.45) is -2.66. The summed E-state index contributed by atoms with van der Waals surface area (Å²) in [7, 11) is 0. The Bertz CT molecular complexity index is 657. The molecule has 24 heavy (non-hydrogen) atoms. The molecular formula is C17H18F3NO3. The summed E-state index contributed by atoms with van der Waals surface area (Å²) >= 11 is 0. The molecule has 0 saturated carbocycles. The third-order valence-electron chi connectivity index (χ3n) is 4.37. The number of carbonyl (C=O) groups is 1. The monoisotopic (exact) mass is 341 g/mol. The number of ether oxygens (including phenoxy) is 1. The van der Waals surface area contributed by atoms with Crippen LogP contribution in [0.3, 0.4) is 0 Å². The standard InChI is InChI=1S/C17H18F3NO3/c18-17(19,20)14-6-2-1-5-13(14)15-8-12(22)9-21(15)16(23)11-4-3-7-24-10-11/h1-2,5-6,10,12,15,22H,3-4,7-9H2/t12-,15+/m1/s1. The molecule has 2 heterocycles. The van der Waals surface area contributed by atoms with Crippen LogP contribution >= 0.6 is 0 Å². The SMILES string of the molecule is O=C(C1=COCCC1)N1C[C@H](O)C[C@H]1c1ccccc1C(F)(F)F. The zero-order valence-corrected chi connectivity index (χ0v) is 12.9. The molecule has 1 amide bonds. The Balaban J connectivity index is 1.94. The van der Waals surface area contributed by atoms with E-state index in [1.165, 1.54) is 29.4 Å². The van der Waals surface area contributed by atoms with Crippen LogP contribution in [0.25, 0.3) is 0 Å². The van der Waals surface area contributed by atoms with Crippen molar-refractivity contribution in [3.05, 3.63) is 47.2 Å². The Hall–Kier alpha value is -2.02. The molecule has 3 rings (SSSR count). The molecule has 0 radical (unpaired) electrons. The van der Waals surface area contributed by atoms with Crippen LogP contribution in [0.15, 0.2) is 36.1 Å². The minimum Gasteiger partial charge on any atom is -0.501 e. The summed E-state index contributed by atoms with van der Waals surface area (Å²) in [6, 6.07) is 4.42. The molecular weight excluding hydrogens is 323 g/mol. The van der Waals surface area contributed by atoms with E-state index in [1.54, 1.807) is 0 Å². The average molecular weight is 341 g/mol. The maximum absolute atomic E-state index is 13.3. The first-order chi connectivity index (χ1) is 11.4. The minimum absolute atomic E-state index is 0.0206. The van der Waals surface area contributed by atoms with Crippen molar-refractivity contribution in [2.75, 3.05) is 13.2 Å². The Kier molecular flexibility index (Phi) is 4.54. The second-order valence-corrected chi connectivity index (χ2v) is 6.07. The first kappa shape index (κ1) is 16.8. The predicted octanol–water partition coefficient (Wildman–Crippen LogP) is 3.03. The molecule has 2 atom stereocenters. The van der Waals surface area contributed by atoms with Crippen LogP contribution in [0.1, 0.15) is 36.4 Å². The van der Waals surface area contributed by atoms with Gasteiger partial charge in [-0.1, -0.05) is 18.2 Å². The minimum atomic E-state index is -4.51. The number of carbonyl (C=O) groups excluding carboxylic acids is 1. The molecule has 1 N–H and O–H groups in total. The topological polar surface area (TPSA) is 49.8 Å². The number of alkyl halides is 3. The van der Waals surface area contributed by atoms with Gasteiger partial charge in [-0.25, -0.2) is 0 Å². The summed E-state index contributed by atoms with van der Waals surface area (Å²) in [5.41, 5.74) is -0.312. The summed E-state index contributed by atoms with van der Waals surface area (Å²) in [5, 5.41) is 9.95. The van der Waals surface area contributed by atoms with E-state index in [2.05, 4.69) is 0 Å². The summed E-state index contributed by atoms with van der Waals surface area (Å²) in [4.78, 5) is 14.0. The van der Waals surface area contributed by atoms with Crippen molar-refractivity contribution in [3.63, 3.8) is 0 Å². The molecule has 4 nitrogen and oxygen atoms in total. The van der Waals surface area contributed by atoms with E-state index in [9.17, 15) is 23.1 Å². The molecule has 1 aromatic carbocycles. The van der Waals surface area contributed by atoms with Gasteiger partial charge in [0.1, 0.15) is 0 Å². The molecule has 1 fully saturated rings. The van der Waals surface area contributed by atoms with Gasteiger partial charge in [0.15, 0.2) is 0 Å². The molecule has 2 aliphatic rings. The molecule has 7 heteroatoms. The fraction of sp³-hybridized carbons (Fsp3) is 0.471. The predicted molar refractivity (Wildman–Crippen MR) is 79.8 cm³/mol. The molecule has 0 spiro atoms. The maximum atomic E-state index is 13.3. The first-order valence-corrected chi connectivity index (χ1v) is 7.83. The third kappa shape index (κ3) is 3.26. The van der Waals surface area contributed by atoms with Gasteiger partial charge in [-0.3, -0.25) is 4.79 Å². The van der Waals surface area contributed by atoms with E-state index in [0.717, 1.165) is 6.07 Å². The maximum Gasteiger partial charge on any atom is 0.416 e. The smallest absolute Gasteiger partial charge is 0.416 e. The number of β-amino-alcohol motifs (C(OH)–C–C–N with tert-alkyl or cyclic N) is 1. The number of hydrogen-bond donors (Lipinski definition) is 1. The second-order valence-electron chi connectivity index (χ2n) is 6.07. The van der Waals surface area contributed by atoms with E-state index in [4.69, 9.17) is 4.74 Å². The van der Waals surface area contributed by atoms with Gasteiger partial charge in [0, 0.05) is 6.54 Å². The number of halogens is 3. The highest BCUT2D eigenvalue weighted by atomic mass is 19.4. The van der Waals surface area contributed by atoms with E-state index < -0.39 is 23.9 Å². The number of aliphatic hydroxyl groups is 1. The van der Waals surface area contributed by atoms with Crippen molar-refractivity contribution < 1.29 is 27.8 Å². The highest BCUT2D eigenvalue weighted by Gasteiger charge is 2.42. The number of aliphatic hydroxyl groups excluding tert-OH is 1. The molecule has 1 aromatic rings. The molecule has 2 aliphatic heterocycles. The zero-order valence-electron chi connectivity index (χ0n) is 12.9. The number of likely N-dealkylation sites (tertiary alicyclic amines) is 1. The van der Waals surface area contributed by atoms with Crippen molar-refractivity contribution in [1.82, 2.24) is 4.90 Å². The highest BCUT2D eigenvalue weighted by Crippen LogP contribution is 2.41. The van der Waals surface area contributed by atoms with Crippen molar-refractivity contribution in [3.8, 4) is 0 Å². The molecule has 0 unspecified atom stereocenters. The van der Waals surface area contributed by atoms with Crippen LogP contribution in [0.5, 0.6) is 0 Å². The zero-order chi connectivity index (χ0) is 17.3. The van der Waals surface area contributed by atoms with Gasteiger partial charge in [0.05, 0.1) is 36.2 Å². The van der Waals surface area contributed by atoms with Gasteiger partial charge in [-0.15, -0.1) is 0 Å². The van der Waals surface area contributed by atoms with Crippen LogP contribution in [-0.2, 0) is 15.7 Å². The number of hydrogen-bond acceptors (Lipinski definition) is 3. The Morgan fingerprint density at radius 1 is 1.29 bits per heavy atom. The van der Waals surface area contributed by atoms with Crippen molar-refractivity contribution in [2.45, 2.75) is 37.6 Å². The van der Waals surface area contributed by atoms with Crippen molar-refractivity contribution in [1.29, 1.82) is 0 Å². The van der Waals surface area contributed by atoms with E-state index in [-0.39, 0.29) is 24.4 Å². The summed E-state index contributed by atoms with van der Waals surface area (Å²) in [6.45, 7) is 0.548. The average Bonchev–Trinajstić information content (AvgIpc) is 2.96. The van der Waals surface area contributed by atoms with Crippen molar-refractivity contribution >= 4 is 5.91 Å². The molecule has 0 bridgehead atoms. The first-order valence-electron chi connectivity index (χ1n) is 7.83. The van der Waals surface area contributed by atoms with Crippen molar-refractivity contribution in [2.24, 2.45) is 0 Å². The molecule has 1 saturated heterocycles. The van der Waals surface area contributed by atoms with Gasteiger partial charge >= 0.3 is 6.18 Å². The second kappa shape index (κ2) is 6.47. The Morgan fingerprint density at radius 2 is 2.04 bits per heavy atom. The number of benzene rings is 1. The van der Waals surface area contributed by atoms with E-state index >= 15 is 0 Å². The lowest BCUT2D eigenvalue weighted by molar-refractivity contribution is -0.139. The number of rotatable bonds is 2. The quantitative estimate of drug-likeness (QED) is 0.900.